The second kappa shape index (κ2) is 8.97. The average Bonchev–Trinajstić information content (AvgIpc) is 3.51. The third-order valence-electron chi connectivity index (χ3n) is 6.09. The minimum atomic E-state index is -0.553. The van der Waals surface area contributed by atoms with Gasteiger partial charge in [0, 0.05) is 35.9 Å². The van der Waals surface area contributed by atoms with E-state index in [9.17, 15) is 14.4 Å². The minimum Gasteiger partial charge on any atom is -0.366 e. The van der Waals surface area contributed by atoms with Crippen LogP contribution in [0.2, 0.25) is 0 Å². The SMILES string of the molecule is CCn1c(-c2ccc(-n3c(C)nn(C)c3=O)cc2)cc2scc(C(=O)Nc3cccc(C(N)=O)c3)c21. The number of carbonyl (C=O) groups is 2. The number of carbonyl (C=O) groups excluding carboxylic acids is 2. The van der Waals surface area contributed by atoms with E-state index in [1.165, 1.54) is 16.0 Å². The van der Waals surface area contributed by atoms with Crippen LogP contribution in [0.1, 0.15) is 33.5 Å². The fourth-order valence-corrected chi connectivity index (χ4v) is 5.39. The molecule has 9 nitrogen and oxygen atoms in total. The first-order valence-corrected chi connectivity index (χ1v) is 12.2. The molecule has 0 saturated heterocycles. The Hall–Kier alpha value is -4.44. The van der Waals surface area contributed by atoms with Crippen molar-refractivity contribution < 1.29 is 9.59 Å². The van der Waals surface area contributed by atoms with Gasteiger partial charge < -0.3 is 15.6 Å². The molecule has 2 amide bonds. The number of nitrogens with zero attached hydrogens (tertiary/aromatic N) is 4. The molecule has 3 heterocycles. The summed E-state index contributed by atoms with van der Waals surface area (Å²) < 4.78 is 5.98. The molecule has 10 heteroatoms. The molecule has 2 aromatic carbocycles. The molecule has 5 aromatic rings. The van der Waals surface area contributed by atoms with Crippen LogP contribution < -0.4 is 16.7 Å². The van der Waals surface area contributed by atoms with Gasteiger partial charge in [0.2, 0.25) is 5.91 Å². The standard InChI is InChI=1S/C26H24N6O3S/c1-4-31-21(16-8-10-19(11-9-16)32-15(2)29-30(3)26(32)35)13-22-23(31)20(14-36-22)25(34)28-18-7-5-6-17(12-18)24(27)33/h5-14H,4H2,1-3H3,(H2,27,33)(H,28,34). The fourth-order valence-electron chi connectivity index (χ4n) is 4.41. The van der Waals surface area contributed by atoms with Gasteiger partial charge in [0.05, 0.1) is 21.5 Å². The second-order valence-electron chi connectivity index (χ2n) is 8.37. The molecule has 0 unspecified atom stereocenters. The number of nitrogens with two attached hydrogens (primary N) is 1. The average molecular weight is 501 g/mol. The second-order valence-corrected chi connectivity index (χ2v) is 9.28. The number of fused-ring (bicyclic) bond motifs is 1. The highest BCUT2D eigenvalue weighted by Crippen LogP contribution is 2.35. The van der Waals surface area contributed by atoms with Crippen LogP contribution in [0.15, 0.2) is 64.8 Å². The first-order chi connectivity index (χ1) is 17.3. The van der Waals surface area contributed by atoms with E-state index in [4.69, 9.17) is 5.73 Å². The smallest absolute Gasteiger partial charge is 0.350 e. The van der Waals surface area contributed by atoms with Crippen molar-refractivity contribution in [1.29, 1.82) is 0 Å². The monoisotopic (exact) mass is 500 g/mol. The molecular weight excluding hydrogens is 476 g/mol. The molecule has 0 bridgehead atoms. The summed E-state index contributed by atoms with van der Waals surface area (Å²) in [5, 5.41) is 8.91. The van der Waals surface area contributed by atoms with Gasteiger partial charge in [-0.15, -0.1) is 11.3 Å². The van der Waals surface area contributed by atoms with E-state index >= 15 is 0 Å². The van der Waals surface area contributed by atoms with Crippen LogP contribution in [0.3, 0.4) is 0 Å². The van der Waals surface area contributed by atoms with Gasteiger partial charge in [0.1, 0.15) is 5.82 Å². The van der Waals surface area contributed by atoms with Crippen molar-refractivity contribution in [3.8, 4) is 16.9 Å². The Morgan fingerprint density at radius 3 is 2.50 bits per heavy atom. The summed E-state index contributed by atoms with van der Waals surface area (Å²) in [6, 6.07) is 16.4. The van der Waals surface area contributed by atoms with E-state index in [2.05, 4.69) is 21.0 Å². The zero-order chi connectivity index (χ0) is 25.6. The van der Waals surface area contributed by atoms with Gasteiger partial charge in [-0.3, -0.25) is 9.59 Å². The molecule has 0 fully saturated rings. The maximum atomic E-state index is 13.2. The van der Waals surface area contributed by atoms with E-state index in [0.29, 0.717) is 29.2 Å². The zero-order valence-corrected chi connectivity index (χ0v) is 20.8. The van der Waals surface area contributed by atoms with Crippen LogP contribution in [0, 0.1) is 6.92 Å². The normalized spacial score (nSPS) is 11.2. The Bertz CT molecular complexity index is 1690. The van der Waals surface area contributed by atoms with Crippen LogP contribution in [-0.2, 0) is 13.6 Å². The first-order valence-electron chi connectivity index (χ1n) is 11.3. The van der Waals surface area contributed by atoms with Crippen molar-refractivity contribution in [2.24, 2.45) is 12.8 Å². The van der Waals surface area contributed by atoms with Crippen LogP contribution in [0.25, 0.3) is 27.2 Å². The van der Waals surface area contributed by atoms with Gasteiger partial charge >= 0.3 is 5.69 Å². The molecule has 182 valence electrons. The summed E-state index contributed by atoms with van der Waals surface area (Å²) in [4.78, 5) is 37.1. The molecule has 0 aliphatic carbocycles. The number of hydrogen-bond donors (Lipinski definition) is 2. The molecule has 0 atom stereocenters. The number of hydrogen-bond acceptors (Lipinski definition) is 5. The number of aromatic nitrogens is 4. The summed E-state index contributed by atoms with van der Waals surface area (Å²) in [5.74, 6) is -0.197. The lowest BCUT2D eigenvalue weighted by Gasteiger charge is -2.11. The summed E-state index contributed by atoms with van der Waals surface area (Å²) in [6.07, 6.45) is 0. The largest absolute Gasteiger partial charge is 0.366 e. The van der Waals surface area contributed by atoms with E-state index in [0.717, 1.165) is 27.2 Å². The molecule has 0 spiro atoms. The highest BCUT2D eigenvalue weighted by atomic mass is 32.1. The van der Waals surface area contributed by atoms with Gasteiger partial charge in [-0.2, -0.15) is 5.10 Å². The summed E-state index contributed by atoms with van der Waals surface area (Å²) in [5.41, 5.74) is 10.1. The molecule has 3 N–H and O–H groups in total. The molecule has 0 aliphatic heterocycles. The van der Waals surface area contributed by atoms with Crippen LogP contribution >= 0.6 is 11.3 Å². The van der Waals surface area contributed by atoms with E-state index in [1.54, 1.807) is 42.8 Å². The lowest BCUT2D eigenvalue weighted by atomic mass is 10.1. The Labute approximate surface area is 210 Å². The van der Waals surface area contributed by atoms with Crippen molar-refractivity contribution in [3.05, 3.63) is 87.4 Å². The molecule has 0 saturated carbocycles. The maximum absolute atomic E-state index is 13.2. The molecule has 0 radical (unpaired) electrons. The number of nitrogens with one attached hydrogen (secondary N) is 1. The quantitative estimate of drug-likeness (QED) is 0.367. The summed E-state index contributed by atoms with van der Waals surface area (Å²) in [6.45, 7) is 4.49. The molecule has 3 aromatic heterocycles. The Morgan fingerprint density at radius 1 is 1.11 bits per heavy atom. The number of thiophene rings is 1. The highest BCUT2D eigenvalue weighted by Gasteiger charge is 2.20. The number of benzene rings is 2. The van der Waals surface area contributed by atoms with Crippen molar-refractivity contribution in [1.82, 2.24) is 18.9 Å². The minimum absolute atomic E-state index is 0.199. The van der Waals surface area contributed by atoms with Crippen LogP contribution in [-0.4, -0.2) is 30.7 Å². The van der Waals surface area contributed by atoms with Crippen LogP contribution in [0.4, 0.5) is 5.69 Å². The predicted octanol–water partition coefficient (Wildman–Crippen LogP) is 3.93. The van der Waals surface area contributed by atoms with E-state index < -0.39 is 5.91 Å². The Kier molecular flexibility index (Phi) is 5.81. The first kappa shape index (κ1) is 23.3. The number of aryl methyl sites for hydroxylation is 3. The van der Waals surface area contributed by atoms with E-state index in [1.807, 2.05) is 36.6 Å². The van der Waals surface area contributed by atoms with Gasteiger partial charge in [-0.25, -0.2) is 14.0 Å². The van der Waals surface area contributed by atoms with Crippen molar-refractivity contribution >= 4 is 39.1 Å². The van der Waals surface area contributed by atoms with E-state index in [-0.39, 0.29) is 11.6 Å². The maximum Gasteiger partial charge on any atom is 0.350 e. The number of primary amides is 1. The molecule has 0 aliphatic rings. The number of anilines is 1. The highest BCUT2D eigenvalue weighted by molar-refractivity contribution is 7.17. The number of rotatable bonds is 6. The summed E-state index contributed by atoms with van der Waals surface area (Å²) in [7, 11) is 1.63. The molecular formula is C26H24N6O3S. The van der Waals surface area contributed by atoms with Crippen molar-refractivity contribution in [2.75, 3.05) is 5.32 Å². The Balaban J connectivity index is 1.50. The molecule has 36 heavy (non-hydrogen) atoms. The lowest BCUT2D eigenvalue weighted by Crippen LogP contribution is -2.21. The van der Waals surface area contributed by atoms with Gasteiger partial charge in [-0.1, -0.05) is 18.2 Å². The predicted molar refractivity (Wildman–Crippen MR) is 141 cm³/mol. The topological polar surface area (TPSA) is 117 Å². The third-order valence-corrected chi connectivity index (χ3v) is 7.01. The van der Waals surface area contributed by atoms with Gasteiger partial charge in [0.25, 0.3) is 5.91 Å². The van der Waals surface area contributed by atoms with Gasteiger partial charge in [-0.05, 0) is 55.8 Å². The lowest BCUT2D eigenvalue weighted by molar-refractivity contribution is 0.0996. The fraction of sp³-hybridized carbons (Fsp3) is 0.154. The Morgan fingerprint density at radius 2 is 1.86 bits per heavy atom. The van der Waals surface area contributed by atoms with Crippen LogP contribution in [0.5, 0.6) is 0 Å². The molecule has 5 rings (SSSR count). The van der Waals surface area contributed by atoms with Crippen molar-refractivity contribution in [2.45, 2.75) is 20.4 Å². The zero-order valence-electron chi connectivity index (χ0n) is 20.0. The number of amides is 2. The van der Waals surface area contributed by atoms with Gasteiger partial charge in [0.15, 0.2) is 0 Å². The summed E-state index contributed by atoms with van der Waals surface area (Å²) >= 11 is 1.50. The van der Waals surface area contributed by atoms with Crippen molar-refractivity contribution in [3.63, 3.8) is 0 Å². The third kappa shape index (κ3) is 3.91.